The van der Waals surface area contributed by atoms with Crippen LogP contribution in [0.2, 0.25) is 0 Å². The van der Waals surface area contributed by atoms with E-state index in [-0.39, 0.29) is 17.9 Å². The van der Waals surface area contributed by atoms with Crippen LogP contribution in [-0.2, 0) is 4.79 Å². The highest BCUT2D eigenvalue weighted by molar-refractivity contribution is 7.98. The van der Waals surface area contributed by atoms with E-state index in [0.29, 0.717) is 25.6 Å². The average Bonchev–Trinajstić information content (AvgIpc) is 2.86. The maximum absolute atomic E-state index is 13.6. The lowest BCUT2D eigenvalue weighted by Gasteiger charge is -2.30. The number of hydrogen-bond donors (Lipinski definition) is 3. The molecule has 0 bridgehead atoms. The Morgan fingerprint density at radius 3 is 2.31 bits per heavy atom. The zero-order chi connectivity index (χ0) is 27.3. The minimum absolute atomic E-state index is 0.0596. The van der Waals surface area contributed by atoms with Crippen molar-refractivity contribution in [1.29, 1.82) is 0 Å². The van der Waals surface area contributed by atoms with Crippen LogP contribution in [0.3, 0.4) is 0 Å². The molecule has 0 aliphatic carbocycles. The molecule has 3 amide bonds. The summed E-state index contributed by atoms with van der Waals surface area (Å²) in [5, 5.41) is 9.23. The fourth-order valence-electron chi connectivity index (χ4n) is 3.65. The van der Waals surface area contributed by atoms with E-state index in [1.54, 1.807) is 11.8 Å². The molecular formula is C29H52N4O2S. The van der Waals surface area contributed by atoms with E-state index in [1.807, 2.05) is 24.8 Å². The molecule has 206 valence electrons. The van der Waals surface area contributed by atoms with Crippen molar-refractivity contribution < 1.29 is 9.59 Å². The summed E-state index contributed by atoms with van der Waals surface area (Å²) in [6, 6.07) is -0.198. The molecule has 1 atom stereocenters. The largest absolute Gasteiger partial charge is 0.338 e. The van der Waals surface area contributed by atoms with Gasteiger partial charge in [0.1, 0.15) is 0 Å². The molecule has 1 aliphatic rings. The normalized spacial score (nSPS) is 15.1. The highest BCUT2D eigenvalue weighted by Crippen LogP contribution is 2.24. The molecule has 1 saturated heterocycles. The minimum Gasteiger partial charge on any atom is -0.338 e. The van der Waals surface area contributed by atoms with Crippen molar-refractivity contribution in [3.05, 3.63) is 22.9 Å². The molecule has 0 spiro atoms. The number of carbonyl (C=O) groups is 2. The first-order valence-electron chi connectivity index (χ1n) is 13.7. The zero-order valence-electron chi connectivity index (χ0n) is 24.2. The van der Waals surface area contributed by atoms with Gasteiger partial charge in [-0.3, -0.25) is 4.79 Å². The van der Waals surface area contributed by atoms with Gasteiger partial charge < -0.3 is 20.9 Å². The topological polar surface area (TPSA) is 73.5 Å². The fourth-order valence-corrected chi connectivity index (χ4v) is 4.08. The van der Waals surface area contributed by atoms with Gasteiger partial charge >= 0.3 is 6.03 Å². The SMILES string of the molecule is CCC.CCC#CC(CC)/C(=C\C(CC(C)C)=C(/C)NC(=O)NCCCSC)C(=O)N1CCNCC1. The van der Waals surface area contributed by atoms with Crippen LogP contribution < -0.4 is 16.0 Å². The van der Waals surface area contributed by atoms with Crippen LogP contribution in [0.1, 0.15) is 80.6 Å². The molecule has 36 heavy (non-hydrogen) atoms. The van der Waals surface area contributed by atoms with Crippen LogP contribution in [-0.4, -0.2) is 61.6 Å². The van der Waals surface area contributed by atoms with Gasteiger partial charge in [-0.05, 0) is 55.8 Å². The zero-order valence-corrected chi connectivity index (χ0v) is 25.0. The summed E-state index contributed by atoms with van der Waals surface area (Å²) < 4.78 is 0. The standard InChI is InChI=1S/C26H44N4O2S.C3H8/c1-7-9-11-22(8-2)24(25(31)30-15-13-27-14-16-30)19-23(18-20(3)4)21(5)29-26(32)28-12-10-17-33-6;1-3-2/h19-20,22,27H,7-8,10,12-18H2,1-6H3,(H2,28,29,32);3H2,1-2H3/b23-21+,24-19+;. The van der Waals surface area contributed by atoms with Crippen molar-refractivity contribution in [3.63, 3.8) is 0 Å². The molecule has 1 rings (SSSR count). The van der Waals surface area contributed by atoms with E-state index >= 15 is 0 Å². The summed E-state index contributed by atoms with van der Waals surface area (Å²) in [6.45, 7) is 18.2. The first-order valence-corrected chi connectivity index (χ1v) is 15.1. The molecule has 3 N–H and O–H groups in total. The lowest BCUT2D eigenvalue weighted by molar-refractivity contribution is -0.128. The number of amides is 3. The van der Waals surface area contributed by atoms with E-state index in [0.717, 1.165) is 61.4 Å². The number of thioether (sulfide) groups is 1. The third-order valence-electron chi connectivity index (χ3n) is 5.44. The first-order chi connectivity index (χ1) is 17.2. The van der Waals surface area contributed by atoms with Crippen LogP contribution in [0, 0.1) is 23.7 Å². The number of carbonyl (C=O) groups excluding carboxylic acids is 2. The van der Waals surface area contributed by atoms with Gasteiger partial charge in [-0.2, -0.15) is 11.8 Å². The Labute approximate surface area is 225 Å². The molecule has 0 aromatic carbocycles. The van der Waals surface area contributed by atoms with Gasteiger partial charge in [0.25, 0.3) is 5.91 Å². The number of hydrogen-bond acceptors (Lipinski definition) is 4. The van der Waals surface area contributed by atoms with E-state index in [4.69, 9.17) is 0 Å². The minimum atomic E-state index is -0.198. The Hall–Kier alpha value is -1.91. The molecule has 1 fully saturated rings. The highest BCUT2D eigenvalue weighted by atomic mass is 32.2. The Morgan fingerprint density at radius 2 is 1.78 bits per heavy atom. The predicted octanol–water partition coefficient (Wildman–Crippen LogP) is 5.57. The third-order valence-corrected chi connectivity index (χ3v) is 6.14. The maximum Gasteiger partial charge on any atom is 0.318 e. The summed E-state index contributed by atoms with van der Waals surface area (Å²) in [7, 11) is 0. The number of piperazine rings is 1. The molecule has 1 heterocycles. The molecule has 7 heteroatoms. The van der Waals surface area contributed by atoms with E-state index in [1.165, 1.54) is 6.42 Å². The number of urea groups is 1. The van der Waals surface area contributed by atoms with Crippen molar-refractivity contribution in [2.24, 2.45) is 11.8 Å². The quantitative estimate of drug-likeness (QED) is 0.144. The average molecular weight is 521 g/mol. The number of rotatable bonds is 11. The summed E-state index contributed by atoms with van der Waals surface area (Å²) in [4.78, 5) is 27.9. The van der Waals surface area contributed by atoms with Gasteiger partial charge in [0.05, 0.1) is 5.92 Å². The van der Waals surface area contributed by atoms with Crippen LogP contribution in [0.4, 0.5) is 4.79 Å². The van der Waals surface area contributed by atoms with Crippen molar-refractivity contribution in [1.82, 2.24) is 20.9 Å². The molecular weight excluding hydrogens is 468 g/mol. The van der Waals surface area contributed by atoms with Crippen LogP contribution in [0.25, 0.3) is 0 Å². The van der Waals surface area contributed by atoms with Gasteiger partial charge in [0.2, 0.25) is 0 Å². The molecule has 0 aromatic rings. The van der Waals surface area contributed by atoms with Crippen molar-refractivity contribution in [2.75, 3.05) is 44.7 Å². The summed E-state index contributed by atoms with van der Waals surface area (Å²) in [6.07, 6.45) is 8.56. The van der Waals surface area contributed by atoms with Crippen LogP contribution in [0.15, 0.2) is 22.9 Å². The molecule has 1 aliphatic heterocycles. The number of nitrogens with zero attached hydrogens (tertiary/aromatic N) is 1. The van der Waals surface area contributed by atoms with Crippen LogP contribution in [0.5, 0.6) is 0 Å². The van der Waals surface area contributed by atoms with Gasteiger partial charge in [-0.15, -0.1) is 5.92 Å². The second-order valence-electron chi connectivity index (χ2n) is 9.46. The van der Waals surface area contributed by atoms with Crippen LogP contribution >= 0.6 is 11.8 Å². The molecule has 0 radical (unpaired) electrons. The molecule has 1 unspecified atom stereocenters. The summed E-state index contributed by atoms with van der Waals surface area (Å²) >= 11 is 1.77. The summed E-state index contributed by atoms with van der Waals surface area (Å²) in [5.74, 6) is 7.83. The van der Waals surface area contributed by atoms with Crippen molar-refractivity contribution in [2.45, 2.75) is 80.6 Å². The first kappa shape index (κ1) is 34.1. The Balaban J connectivity index is 0.00000387. The van der Waals surface area contributed by atoms with E-state index in [2.05, 4.69) is 68.7 Å². The second kappa shape index (κ2) is 21.2. The Kier molecular flexibility index (Phi) is 20.1. The smallest absolute Gasteiger partial charge is 0.318 e. The lowest BCUT2D eigenvalue weighted by Crippen LogP contribution is -2.47. The van der Waals surface area contributed by atoms with Gasteiger partial charge in [-0.1, -0.05) is 53.9 Å². The summed E-state index contributed by atoms with van der Waals surface area (Å²) in [5.41, 5.74) is 2.51. The predicted molar refractivity (Wildman–Crippen MR) is 157 cm³/mol. The highest BCUT2D eigenvalue weighted by Gasteiger charge is 2.25. The molecule has 6 nitrogen and oxygen atoms in total. The van der Waals surface area contributed by atoms with E-state index in [9.17, 15) is 9.59 Å². The second-order valence-corrected chi connectivity index (χ2v) is 10.4. The Morgan fingerprint density at radius 1 is 1.14 bits per heavy atom. The lowest BCUT2D eigenvalue weighted by atomic mass is 9.90. The third kappa shape index (κ3) is 14.6. The number of allylic oxidation sites excluding steroid dienone is 3. The molecule has 0 saturated carbocycles. The Bertz CT molecular complexity index is 759. The van der Waals surface area contributed by atoms with Crippen molar-refractivity contribution >= 4 is 23.7 Å². The maximum atomic E-state index is 13.6. The fraction of sp³-hybridized carbons (Fsp3) is 0.724. The number of nitrogens with one attached hydrogen (secondary N) is 3. The van der Waals surface area contributed by atoms with Gasteiger partial charge in [0.15, 0.2) is 0 Å². The molecule has 0 aromatic heterocycles. The monoisotopic (exact) mass is 520 g/mol. The van der Waals surface area contributed by atoms with Gasteiger partial charge in [0, 0.05) is 50.4 Å². The van der Waals surface area contributed by atoms with E-state index < -0.39 is 0 Å². The van der Waals surface area contributed by atoms with Gasteiger partial charge in [-0.25, -0.2) is 4.79 Å². The van der Waals surface area contributed by atoms with Crippen molar-refractivity contribution in [3.8, 4) is 11.8 Å².